The first-order chi connectivity index (χ1) is 6.93. The third-order valence-electron chi connectivity index (χ3n) is 1.93. The first-order valence-electron chi connectivity index (χ1n) is 4.89. The summed E-state index contributed by atoms with van der Waals surface area (Å²) in [5.41, 5.74) is 10.3. The molecule has 0 aromatic carbocycles. The maximum atomic E-state index is 11.2. The van der Waals surface area contributed by atoms with Crippen molar-refractivity contribution in [1.29, 1.82) is 0 Å². The average Bonchev–Trinajstić information content (AvgIpc) is 2.13. The van der Waals surface area contributed by atoms with E-state index in [1.807, 2.05) is 19.0 Å². The van der Waals surface area contributed by atoms with E-state index in [1.54, 1.807) is 0 Å². The van der Waals surface area contributed by atoms with Gasteiger partial charge >= 0.3 is 0 Å². The smallest absolute Gasteiger partial charge is 0.234 e. The van der Waals surface area contributed by atoms with Crippen LogP contribution in [-0.4, -0.2) is 49.9 Å². The standard InChI is InChI=1S/C9H20N4O2/c1-13(2)6-5-12-8(14)4-3-7(10)9(11)15/h7H,3-6,10H2,1-2H3,(H2,11,15)(H,12,14)/t7-/m0/s1. The predicted octanol–water partition coefficient (Wildman–Crippen LogP) is -1.74. The van der Waals surface area contributed by atoms with Crippen LogP contribution in [-0.2, 0) is 9.59 Å². The third-order valence-corrected chi connectivity index (χ3v) is 1.93. The number of hydrogen-bond acceptors (Lipinski definition) is 4. The van der Waals surface area contributed by atoms with E-state index in [2.05, 4.69) is 5.32 Å². The molecule has 0 bridgehead atoms. The fourth-order valence-corrected chi connectivity index (χ4v) is 0.936. The lowest BCUT2D eigenvalue weighted by atomic mass is 10.1. The molecule has 1 atom stereocenters. The van der Waals surface area contributed by atoms with Gasteiger partial charge in [0.2, 0.25) is 11.8 Å². The summed E-state index contributed by atoms with van der Waals surface area (Å²) in [6, 6.07) is -0.732. The van der Waals surface area contributed by atoms with Crippen molar-refractivity contribution in [2.75, 3.05) is 27.2 Å². The summed E-state index contributed by atoms with van der Waals surface area (Å²) in [7, 11) is 3.85. The largest absolute Gasteiger partial charge is 0.368 e. The van der Waals surface area contributed by atoms with E-state index in [1.165, 1.54) is 0 Å². The summed E-state index contributed by atoms with van der Waals surface area (Å²) in [5, 5.41) is 2.72. The highest BCUT2D eigenvalue weighted by Gasteiger charge is 2.11. The number of nitrogens with one attached hydrogen (secondary N) is 1. The quantitative estimate of drug-likeness (QED) is 0.470. The highest BCUT2D eigenvalue weighted by Crippen LogP contribution is 1.93. The van der Waals surface area contributed by atoms with Gasteiger partial charge in [0.25, 0.3) is 0 Å². The Morgan fingerprint density at radius 1 is 1.40 bits per heavy atom. The summed E-state index contributed by atoms with van der Waals surface area (Å²) in [5.74, 6) is -0.676. The van der Waals surface area contributed by atoms with Gasteiger partial charge < -0.3 is 21.7 Å². The Hall–Kier alpha value is -1.14. The summed E-state index contributed by atoms with van der Waals surface area (Å²) in [4.78, 5) is 23.8. The number of likely N-dealkylation sites (N-methyl/N-ethyl adjacent to an activating group) is 1. The third kappa shape index (κ3) is 7.90. The molecule has 2 amide bonds. The summed E-state index contributed by atoms with van der Waals surface area (Å²) in [6.45, 7) is 1.38. The molecule has 0 aliphatic rings. The molecule has 6 heteroatoms. The Balaban J connectivity index is 3.53. The lowest BCUT2D eigenvalue weighted by molar-refractivity contribution is -0.122. The van der Waals surface area contributed by atoms with Gasteiger partial charge in [-0.2, -0.15) is 0 Å². The molecule has 0 saturated heterocycles. The van der Waals surface area contributed by atoms with Crippen molar-refractivity contribution < 1.29 is 9.59 Å². The highest BCUT2D eigenvalue weighted by molar-refractivity contribution is 5.81. The molecule has 0 aromatic rings. The molecular weight excluding hydrogens is 196 g/mol. The molecule has 0 unspecified atom stereocenters. The fraction of sp³-hybridized carbons (Fsp3) is 0.778. The molecule has 0 spiro atoms. The minimum Gasteiger partial charge on any atom is -0.368 e. The molecule has 6 nitrogen and oxygen atoms in total. The lowest BCUT2D eigenvalue weighted by Crippen LogP contribution is -2.38. The van der Waals surface area contributed by atoms with Crippen molar-refractivity contribution in [1.82, 2.24) is 10.2 Å². The van der Waals surface area contributed by atoms with E-state index >= 15 is 0 Å². The first-order valence-corrected chi connectivity index (χ1v) is 4.89. The van der Waals surface area contributed by atoms with Gasteiger partial charge in [-0.15, -0.1) is 0 Å². The van der Waals surface area contributed by atoms with Crippen LogP contribution in [0.25, 0.3) is 0 Å². The molecular formula is C9H20N4O2. The molecule has 5 N–H and O–H groups in total. The molecule has 0 radical (unpaired) electrons. The molecule has 0 aliphatic heterocycles. The second-order valence-corrected chi connectivity index (χ2v) is 3.70. The summed E-state index contributed by atoms with van der Waals surface area (Å²) in [6.07, 6.45) is 0.528. The molecule has 15 heavy (non-hydrogen) atoms. The zero-order valence-electron chi connectivity index (χ0n) is 9.32. The van der Waals surface area contributed by atoms with E-state index in [4.69, 9.17) is 11.5 Å². The molecule has 0 aliphatic carbocycles. The van der Waals surface area contributed by atoms with Crippen molar-refractivity contribution in [2.45, 2.75) is 18.9 Å². The van der Waals surface area contributed by atoms with Crippen LogP contribution < -0.4 is 16.8 Å². The van der Waals surface area contributed by atoms with Gasteiger partial charge in [0.1, 0.15) is 0 Å². The van der Waals surface area contributed by atoms with Gasteiger partial charge in [0, 0.05) is 19.5 Å². The highest BCUT2D eigenvalue weighted by atomic mass is 16.2. The Morgan fingerprint density at radius 3 is 2.47 bits per heavy atom. The van der Waals surface area contributed by atoms with Crippen LogP contribution in [0.1, 0.15) is 12.8 Å². The van der Waals surface area contributed by atoms with Crippen LogP contribution in [0.4, 0.5) is 0 Å². The topological polar surface area (TPSA) is 101 Å². The zero-order chi connectivity index (χ0) is 11.8. The molecule has 0 fully saturated rings. The number of rotatable bonds is 7. The van der Waals surface area contributed by atoms with Gasteiger partial charge in [-0.25, -0.2) is 0 Å². The number of primary amides is 1. The fourth-order valence-electron chi connectivity index (χ4n) is 0.936. The van der Waals surface area contributed by atoms with Gasteiger partial charge in [0.15, 0.2) is 0 Å². The van der Waals surface area contributed by atoms with Crippen molar-refractivity contribution in [3.8, 4) is 0 Å². The predicted molar refractivity (Wildman–Crippen MR) is 58.0 cm³/mol. The van der Waals surface area contributed by atoms with Gasteiger partial charge in [-0.1, -0.05) is 0 Å². The van der Waals surface area contributed by atoms with Crippen molar-refractivity contribution in [3.05, 3.63) is 0 Å². The van der Waals surface area contributed by atoms with Gasteiger partial charge in [-0.05, 0) is 20.5 Å². The number of carbonyl (C=O) groups excluding carboxylic acids is 2. The number of nitrogens with zero attached hydrogens (tertiary/aromatic N) is 1. The van der Waals surface area contributed by atoms with Crippen molar-refractivity contribution in [3.63, 3.8) is 0 Å². The monoisotopic (exact) mass is 216 g/mol. The van der Waals surface area contributed by atoms with E-state index in [0.717, 1.165) is 6.54 Å². The Kier molecular flexibility index (Phi) is 6.64. The SMILES string of the molecule is CN(C)CCNC(=O)CC[C@H](N)C(N)=O. The normalized spacial score (nSPS) is 12.5. The van der Waals surface area contributed by atoms with Crippen LogP contribution in [0.5, 0.6) is 0 Å². The van der Waals surface area contributed by atoms with Crippen molar-refractivity contribution in [2.24, 2.45) is 11.5 Å². The zero-order valence-corrected chi connectivity index (χ0v) is 9.32. The van der Waals surface area contributed by atoms with E-state index in [-0.39, 0.29) is 12.3 Å². The molecule has 0 aromatic heterocycles. The van der Waals surface area contributed by atoms with E-state index in [9.17, 15) is 9.59 Å². The number of carbonyl (C=O) groups is 2. The van der Waals surface area contributed by atoms with Crippen LogP contribution in [0, 0.1) is 0 Å². The first kappa shape index (κ1) is 13.9. The minimum absolute atomic E-state index is 0.103. The van der Waals surface area contributed by atoms with Crippen molar-refractivity contribution >= 4 is 11.8 Å². The summed E-state index contributed by atoms with van der Waals surface area (Å²) >= 11 is 0. The number of nitrogens with two attached hydrogens (primary N) is 2. The Labute approximate surface area is 90.0 Å². The van der Waals surface area contributed by atoms with Gasteiger partial charge in [0.05, 0.1) is 6.04 Å². The van der Waals surface area contributed by atoms with E-state index < -0.39 is 11.9 Å². The Morgan fingerprint density at radius 2 is 2.00 bits per heavy atom. The number of amides is 2. The molecule has 0 heterocycles. The second kappa shape index (κ2) is 7.19. The second-order valence-electron chi connectivity index (χ2n) is 3.70. The molecule has 0 rings (SSSR count). The maximum Gasteiger partial charge on any atom is 0.234 e. The van der Waals surface area contributed by atoms with Crippen LogP contribution in [0.15, 0.2) is 0 Å². The van der Waals surface area contributed by atoms with Crippen LogP contribution in [0.2, 0.25) is 0 Å². The van der Waals surface area contributed by atoms with E-state index in [0.29, 0.717) is 13.0 Å². The van der Waals surface area contributed by atoms with Crippen LogP contribution in [0.3, 0.4) is 0 Å². The molecule has 0 saturated carbocycles. The summed E-state index contributed by atoms with van der Waals surface area (Å²) < 4.78 is 0. The van der Waals surface area contributed by atoms with Crippen LogP contribution >= 0.6 is 0 Å². The minimum atomic E-state index is -0.732. The Bertz CT molecular complexity index is 218. The molecule has 88 valence electrons. The van der Waals surface area contributed by atoms with Gasteiger partial charge in [-0.3, -0.25) is 9.59 Å². The number of hydrogen-bond donors (Lipinski definition) is 3. The average molecular weight is 216 g/mol. The maximum absolute atomic E-state index is 11.2. The lowest BCUT2D eigenvalue weighted by Gasteiger charge is -2.11.